The van der Waals surface area contributed by atoms with Crippen LogP contribution in [0.2, 0.25) is 0 Å². The van der Waals surface area contributed by atoms with E-state index >= 15 is 0 Å². The van der Waals surface area contributed by atoms with Crippen LogP contribution in [0.4, 0.5) is 0 Å². The van der Waals surface area contributed by atoms with Crippen molar-refractivity contribution in [2.24, 2.45) is 4.99 Å². The summed E-state index contributed by atoms with van der Waals surface area (Å²) in [6.07, 6.45) is 2.82. The van der Waals surface area contributed by atoms with E-state index in [1.807, 2.05) is 30.3 Å². The van der Waals surface area contributed by atoms with Crippen LogP contribution in [0.25, 0.3) is 0 Å². The molecule has 0 aliphatic heterocycles. The van der Waals surface area contributed by atoms with Gasteiger partial charge in [-0.05, 0) is 42.2 Å². The maximum Gasteiger partial charge on any atom is 0.191 e. The molecule has 1 heterocycles. The largest absolute Gasteiger partial charge is 0.497 e. The molecule has 5 nitrogen and oxygen atoms in total. The number of hydrogen-bond acceptors (Lipinski definition) is 3. The molecule has 0 radical (unpaired) electrons. The monoisotopic (exact) mass is 454 g/mol. The summed E-state index contributed by atoms with van der Waals surface area (Å²) >= 11 is 0. The number of hydrogen-bond donors (Lipinski definition) is 2. The lowest BCUT2D eigenvalue weighted by Gasteiger charge is -2.15. The average molecular weight is 454 g/mol. The van der Waals surface area contributed by atoms with Gasteiger partial charge in [0.1, 0.15) is 5.75 Å². The van der Waals surface area contributed by atoms with Gasteiger partial charge in [-0.1, -0.05) is 25.1 Å². The van der Waals surface area contributed by atoms with Crippen molar-refractivity contribution in [3.63, 3.8) is 0 Å². The number of pyridine rings is 1. The smallest absolute Gasteiger partial charge is 0.191 e. The predicted molar refractivity (Wildman–Crippen MR) is 114 cm³/mol. The molecule has 0 fully saturated rings. The van der Waals surface area contributed by atoms with Gasteiger partial charge in [0, 0.05) is 19.8 Å². The first kappa shape index (κ1) is 21.2. The summed E-state index contributed by atoms with van der Waals surface area (Å²) in [5.74, 6) is 2.16. The third kappa shape index (κ3) is 7.29. The quantitative estimate of drug-likeness (QED) is 0.382. The Hall–Kier alpha value is -1.83. The molecule has 0 saturated carbocycles. The predicted octanol–water partition coefficient (Wildman–Crippen LogP) is 3.57. The van der Waals surface area contributed by atoms with Crippen molar-refractivity contribution in [3.8, 4) is 5.75 Å². The standard InChI is InChI=1S/C19H26N4O.HI/c1-15(16-7-9-18(24-3)10-8-16)11-13-22-19(20-2)23-14-17-6-4-5-12-21-17;/h4-10,12,15H,11,13-14H2,1-3H3,(H2,20,22,23);1H. The van der Waals surface area contributed by atoms with E-state index in [-0.39, 0.29) is 24.0 Å². The topological polar surface area (TPSA) is 58.5 Å². The second-order valence-corrected chi connectivity index (χ2v) is 5.64. The molecule has 0 spiro atoms. The van der Waals surface area contributed by atoms with Gasteiger partial charge in [0.2, 0.25) is 0 Å². The summed E-state index contributed by atoms with van der Waals surface area (Å²) in [7, 11) is 3.46. The van der Waals surface area contributed by atoms with Crippen LogP contribution in [0.1, 0.15) is 30.5 Å². The van der Waals surface area contributed by atoms with E-state index in [1.165, 1.54) is 5.56 Å². The maximum absolute atomic E-state index is 5.20. The molecule has 0 saturated heterocycles. The molecule has 0 bridgehead atoms. The number of benzene rings is 1. The minimum Gasteiger partial charge on any atom is -0.497 e. The molecular formula is C19H27IN4O. The molecule has 1 atom stereocenters. The highest BCUT2D eigenvalue weighted by atomic mass is 127. The lowest BCUT2D eigenvalue weighted by Crippen LogP contribution is -2.37. The zero-order chi connectivity index (χ0) is 17.2. The Balaban J connectivity index is 0.00000312. The number of aliphatic imine (C=N–C) groups is 1. The van der Waals surface area contributed by atoms with Crippen LogP contribution in [0.5, 0.6) is 5.75 Å². The number of nitrogens with zero attached hydrogens (tertiary/aromatic N) is 2. The highest BCUT2D eigenvalue weighted by Crippen LogP contribution is 2.21. The minimum absolute atomic E-state index is 0. The SMILES string of the molecule is CN=C(NCCC(C)c1ccc(OC)cc1)NCc1ccccn1.I. The van der Waals surface area contributed by atoms with Crippen LogP contribution in [0.15, 0.2) is 53.7 Å². The van der Waals surface area contributed by atoms with Crippen molar-refractivity contribution >= 4 is 29.9 Å². The van der Waals surface area contributed by atoms with Gasteiger partial charge >= 0.3 is 0 Å². The first-order valence-corrected chi connectivity index (χ1v) is 8.21. The van der Waals surface area contributed by atoms with E-state index in [4.69, 9.17) is 4.74 Å². The highest BCUT2D eigenvalue weighted by Gasteiger charge is 2.06. The summed E-state index contributed by atoms with van der Waals surface area (Å²) < 4.78 is 5.20. The number of halogens is 1. The average Bonchev–Trinajstić information content (AvgIpc) is 2.65. The van der Waals surface area contributed by atoms with E-state index < -0.39 is 0 Å². The summed E-state index contributed by atoms with van der Waals surface area (Å²) in [5.41, 5.74) is 2.31. The molecule has 0 aliphatic carbocycles. The van der Waals surface area contributed by atoms with Gasteiger partial charge < -0.3 is 15.4 Å². The van der Waals surface area contributed by atoms with E-state index in [0.29, 0.717) is 12.5 Å². The molecular weight excluding hydrogens is 427 g/mol. The van der Waals surface area contributed by atoms with Crippen LogP contribution >= 0.6 is 24.0 Å². The van der Waals surface area contributed by atoms with E-state index in [1.54, 1.807) is 20.4 Å². The van der Waals surface area contributed by atoms with Gasteiger partial charge in [-0.15, -0.1) is 24.0 Å². The second-order valence-electron chi connectivity index (χ2n) is 5.64. The van der Waals surface area contributed by atoms with Gasteiger partial charge in [0.05, 0.1) is 19.3 Å². The number of ether oxygens (including phenoxy) is 1. The van der Waals surface area contributed by atoms with Gasteiger partial charge in [-0.2, -0.15) is 0 Å². The van der Waals surface area contributed by atoms with Crippen molar-refractivity contribution in [2.75, 3.05) is 20.7 Å². The van der Waals surface area contributed by atoms with E-state index in [2.05, 4.69) is 39.7 Å². The van der Waals surface area contributed by atoms with Gasteiger partial charge in [0.15, 0.2) is 5.96 Å². The molecule has 0 amide bonds. The van der Waals surface area contributed by atoms with Crippen molar-refractivity contribution in [1.82, 2.24) is 15.6 Å². The first-order chi connectivity index (χ1) is 11.7. The van der Waals surface area contributed by atoms with Crippen LogP contribution < -0.4 is 15.4 Å². The van der Waals surface area contributed by atoms with Gasteiger partial charge in [-0.3, -0.25) is 9.98 Å². The molecule has 1 unspecified atom stereocenters. The molecule has 1 aromatic heterocycles. The Morgan fingerprint density at radius 3 is 2.52 bits per heavy atom. The Morgan fingerprint density at radius 1 is 1.16 bits per heavy atom. The van der Waals surface area contributed by atoms with Gasteiger partial charge in [-0.25, -0.2) is 0 Å². The lowest BCUT2D eigenvalue weighted by molar-refractivity contribution is 0.414. The fourth-order valence-corrected chi connectivity index (χ4v) is 2.40. The fourth-order valence-electron chi connectivity index (χ4n) is 2.40. The molecule has 6 heteroatoms. The van der Waals surface area contributed by atoms with Crippen LogP contribution in [-0.2, 0) is 6.54 Å². The normalized spacial score (nSPS) is 12.0. The van der Waals surface area contributed by atoms with Crippen molar-refractivity contribution in [1.29, 1.82) is 0 Å². The number of nitrogens with one attached hydrogen (secondary N) is 2. The molecule has 2 rings (SSSR count). The molecule has 0 aliphatic rings. The number of aromatic nitrogens is 1. The Labute approximate surface area is 167 Å². The second kappa shape index (κ2) is 11.7. The third-order valence-electron chi connectivity index (χ3n) is 3.94. The van der Waals surface area contributed by atoms with Crippen molar-refractivity contribution in [3.05, 3.63) is 59.9 Å². The zero-order valence-corrected chi connectivity index (χ0v) is 17.4. The maximum atomic E-state index is 5.20. The van der Waals surface area contributed by atoms with E-state index in [0.717, 1.165) is 30.4 Å². The van der Waals surface area contributed by atoms with Crippen LogP contribution in [0, 0.1) is 0 Å². The lowest BCUT2D eigenvalue weighted by atomic mass is 9.98. The molecule has 2 N–H and O–H groups in total. The Kier molecular flexibility index (Phi) is 9.91. The van der Waals surface area contributed by atoms with Crippen LogP contribution in [-0.4, -0.2) is 31.6 Å². The van der Waals surface area contributed by atoms with E-state index in [9.17, 15) is 0 Å². The highest BCUT2D eigenvalue weighted by molar-refractivity contribution is 14.0. The van der Waals surface area contributed by atoms with Crippen molar-refractivity contribution in [2.45, 2.75) is 25.8 Å². The van der Waals surface area contributed by atoms with Crippen molar-refractivity contribution < 1.29 is 4.74 Å². The summed E-state index contributed by atoms with van der Waals surface area (Å²) in [6.45, 7) is 3.75. The number of rotatable bonds is 7. The number of guanidine groups is 1. The third-order valence-corrected chi connectivity index (χ3v) is 3.94. The molecule has 2 aromatic rings. The Bertz CT molecular complexity index is 632. The number of methoxy groups -OCH3 is 1. The molecule has 25 heavy (non-hydrogen) atoms. The van der Waals surface area contributed by atoms with Crippen LogP contribution in [0.3, 0.4) is 0 Å². The fraction of sp³-hybridized carbons (Fsp3) is 0.368. The first-order valence-electron chi connectivity index (χ1n) is 8.21. The summed E-state index contributed by atoms with van der Waals surface area (Å²) in [6, 6.07) is 14.1. The summed E-state index contributed by atoms with van der Waals surface area (Å²) in [5, 5.41) is 6.62. The van der Waals surface area contributed by atoms with Gasteiger partial charge in [0.25, 0.3) is 0 Å². The Morgan fingerprint density at radius 2 is 1.92 bits per heavy atom. The molecule has 1 aromatic carbocycles. The minimum atomic E-state index is 0. The summed E-state index contributed by atoms with van der Waals surface area (Å²) in [4.78, 5) is 8.54. The zero-order valence-electron chi connectivity index (χ0n) is 15.0. The molecule has 136 valence electrons.